The summed E-state index contributed by atoms with van der Waals surface area (Å²) in [6, 6.07) is 7.68. The van der Waals surface area contributed by atoms with Crippen LogP contribution in [0.25, 0.3) is 11.1 Å². The van der Waals surface area contributed by atoms with Crippen LogP contribution < -0.4 is 26.1 Å². The van der Waals surface area contributed by atoms with Crippen LogP contribution in [0.4, 0.5) is 18.9 Å². The number of alkyl halides is 2. The largest absolute Gasteiger partial charge is 0.495 e. The summed E-state index contributed by atoms with van der Waals surface area (Å²) in [5.74, 6) is -2.42. The van der Waals surface area contributed by atoms with Gasteiger partial charge in [-0.25, -0.2) is 13.2 Å². The molecule has 1 aromatic heterocycles. The molecule has 9 nitrogen and oxygen atoms in total. The SMILES string of the molecule is COc1cn(C(CCOC(C)(C)C)C(=O)Nc2ccc(C(N)=O)c(F)c2)c(=O)cc1-c1cc(Cl)ccc1OCC(F)F. The fraction of sp³-hybridized carbons (Fsp3) is 0.345. The Morgan fingerprint density at radius 2 is 1.76 bits per heavy atom. The standard InChI is InChI=1S/C29H31ClF3N3O6/c1-29(2,3)42-10-9-22(28(39)35-17-6-7-18(27(34)38)21(31)12-17)36-14-24(40-4)20(13-26(36)37)19-11-16(30)5-8-23(19)41-15-25(32)33/h5-8,11-14,22,25H,9-10,15H2,1-4H3,(H2,34,38)(H,35,39). The van der Waals surface area contributed by atoms with E-state index in [1.54, 1.807) is 0 Å². The predicted octanol–water partition coefficient (Wildman–Crippen LogP) is 5.44. The van der Waals surface area contributed by atoms with E-state index in [-0.39, 0.29) is 51.9 Å². The number of anilines is 1. The maximum Gasteiger partial charge on any atom is 0.272 e. The van der Waals surface area contributed by atoms with Crippen molar-refractivity contribution in [1.29, 1.82) is 0 Å². The summed E-state index contributed by atoms with van der Waals surface area (Å²) in [4.78, 5) is 38.3. The molecule has 226 valence electrons. The molecule has 0 aliphatic heterocycles. The molecule has 0 saturated carbocycles. The summed E-state index contributed by atoms with van der Waals surface area (Å²) < 4.78 is 57.7. The monoisotopic (exact) mass is 609 g/mol. The first kappa shape index (κ1) is 32.5. The highest BCUT2D eigenvalue weighted by Gasteiger charge is 2.26. The van der Waals surface area contributed by atoms with E-state index >= 15 is 0 Å². The molecular formula is C29H31ClF3N3O6. The van der Waals surface area contributed by atoms with Gasteiger partial charge in [-0.3, -0.25) is 19.0 Å². The Morgan fingerprint density at radius 1 is 1.07 bits per heavy atom. The van der Waals surface area contributed by atoms with Crippen molar-refractivity contribution in [3.63, 3.8) is 0 Å². The lowest BCUT2D eigenvalue weighted by Crippen LogP contribution is -2.34. The fourth-order valence-electron chi connectivity index (χ4n) is 4.03. The number of aromatic nitrogens is 1. The summed E-state index contributed by atoms with van der Waals surface area (Å²) >= 11 is 6.15. The van der Waals surface area contributed by atoms with Crippen LogP contribution in [0.1, 0.15) is 43.6 Å². The van der Waals surface area contributed by atoms with Gasteiger partial charge in [0.15, 0.2) is 0 Å². The van der Waals surface area contributed by atoms with E-state index in [9.17, 15) is 27.6 Å². The van der Waals surface area contributed by atoms with Gasteiger partial charge in [0.2, 0.25) is 5.91 Å². The maximum absolute atomic E-state index is 14.3. The second-order valence-electron chi connectivity index (χ2n) is 10.2. The summed E-state index contributed by atoms with van der Waals surface area (Å²) in [6.45, 7) is 4.67. The summed E-state index contributed by atoms with van der Waals surface area (Å²) in [5, 5.41) is 2.81. The molecule has 3 N–H and O–H groups in total. The van der Waals surface area contributed by atoms with E-state index in [4.69, 9.17) is 31.5 Å². The van der Waals surface area contributed by atoms with E-state index in [2.05, 4.69) is 5.32 Å². The average molecular weight is 610 g/mol. The van der Waals surface area contributed by atoms with Crippen LogP contribution in [0, 0.1) is 5.82 Å². The van der Waals surface area contributed by atoms with Crippen molar-refractivity contribution < 1.29 is 37.0 Å². The zero-order valence-electron chi connectivity index (χ0n) is 23.4. The molecule has 0 spiro atoms. The number of nitrogens with zero attached hydrogens (tertiary/aromatic N) is 1. The number of halogens is 4. The molecule has 0 aliphatic rings. The molecule has 3 rings (SSSR count). The molecule has 1 unspecified atom stereocenters. The fourth-order valence-corrected chi connectivity index (χ4v) is 4.20. The summed E-state index contributed by atoms with van der Waals surface area (Å²) in [7, 11) is 1.33. The molecule has 42 heavy (non-hydrogen) atoms. The van der Waals surface area contributed by atoms with Crippen LogP contribution >= 0.6 is 11.6 Å². The number of rotatable bonds is 12. The van der Waals surface area contributed by atoms with Gasteiger partial charge in [-0.2, -0.15) is 0 Å². The Hall–Kier alpha value is -4.03. The lowest BCUT2D eigenvalue weighted by molar-refractivity contribution is -0.120. The second-order valence-corrected chi connectivity index (χ2v) is 10.6. The minimum atomic E-state index is -2.74. The first-order valence-corrected chi connectivity index (χ1v) is 13.1. The number of ether oxygens (including phenoxy) is 3. The first-order chi connectivity index (χ1) is 19.7. The normalized spacial score (nSPS) is 12.2. The number of hydrogen-bond acceptors (Lipinski definition) is 6. The Kier molecular flexibility index (Phi) is 10.6. The van der Waals surface area contributed by atoms with Crippen LogP contribution in [0.3, 0.4) is 0 Å². The zero-order valence-corrected chi connectivity index (χ0v) is 24.1. The molecule has 0 radical (unpaired) electrons. The van der Waals surface area contributed by atoms with Gasteiger partial charge in [0, 0.05) is 40.9 Å². The molecule has 3 aromatic rings. The highest BCUT2D eigenvalue weighted by Crippen LogP contribution is 2.38. The maximum atomic E-state index is 14.3. The summed E-state index contributed by atoms with van der Waals surface area (Å²) in [6.07, 6.45) is -1.40. The Bertz CT molecular complexity index is 1510. The highest BCUT2D eigenvalue weighted by molar-refractivity contribution is 6.31. The molecule has 1 atom stereocenters. The number of nitrogens with two attached hydrogens (primary N) is 1. The molecule has 0 aliphatic carbocycles. The molecule has 13 heteroatoms. The van der Waals surface area contributed by atoms with Crippen molar-refractivity contribution in [3.8, 4) is 22.6 Å². The average Bonchev–Trinajstić information content (AvgIpc) is 2.89. The zero-order chi connectivity index (χ0) is 31.2. The van der Waals surface area contributed by atoms with Crippen molar-refractivity contribution in [2.45, 2.75) is 45.3 Å². The van der Waals surface area contributed by atoms with Gasteiger partial charge in [-0.15, -0.1) is 0 Å². The Balaban J connectivity index is 2.05. The third kappa shape index (κ3) is 8.49. The molecule has 2 amide bonds. The van der Waals surface area contributed by atoms with Crippen LogP contribution in [-0.4, -0.2) is 48.7 Å². The molecule has 1 heterocycles. The lowest BCUT2D eigenvalue weighted by Gasteiger charge is -2.24. The highest BCUT2D eigenvalue weighted by atomic mass is 35.5. The first-order valence-electron chi connectivity index (χ1n) is 12.8. The number of methoxy groups -OCH3 is 1. The second kappa shape index (κ2) is 13.8. The molecule has 0 fully saturated rings. The number of carbonyl (C=O) groups is 2. The van der Waals surface area contributed by atoms with Crippen LogP contribution in [0.15, 0.2) is 53.5 Å². The lowest BCUT2D eigenvalue weighted by atomic mass is 10.0. The van der Waals surface area contributed by atoms with E-state index < -0.39 is 47.9 Å². The number of primary amides is 1. The Morgan fingerprint density at radius 3 is 2.36 bits per heavy atom. The van der Waals surface area contributed by atoms with Gasteiger partial charge in [0.05, 0.1) is 24.5 Å². The van der Waals surface area contributed by atoms with Crippen molar-refractivity contribution in [2.24, 2.45) is 5.73 Å². The topological polar surface area (TPSA) is 122 Å². The van der Waals surface area contributed by atoms with Gasteiger partial charge in [-0.05, 0) is 57.2 Å². The minimum Gasteiger partial charge on any atom is -0.495 e. The van der Waals surface area contributed by atoms with Gasteiger partial charge in [0.25, 0.3) is 17.9 Å². The minimum absolute atomic E-state index is 0.0284. The van der Waals surface area contributed by atoms with Crippen molar-refractivity contribution >= 4 is 29.1 Å². The molecule has 0 bridgehead atoms. The van der Waals surface area contributed by atoms with Crippen molar-refractivity contribution in [3.05, 3.63) is 75.4 Å². The van der Waals surface area contributed by atoms with Gasteiger partial charge in [0.1, 0.15) is 30.0 Å². The van der Waals surface area contributed by atoms with Crippen LogP contribution in [0.5, 0.6) is 11.5 Å². The van der Waals surface area contributed by atoms with Gasteiger partial charge >= 0.3 is 0 Å². The predicted molar refractivity (Wildman–Crippen MR) is 152 cm³/mol. The number of carbonyl (C=O) groups excluding carboxylic acids is 2. The van der Waals surface area contributed by atoms with E-state index in [1.165, 1.54) is 43.6 Å². The van der Waals surface area contributed by atoms with E-state index in [1.807, 2.05) is 20.8 Å². The van der Waals surface area contributed by atoms with Crippen LogP contribution in [0.2, 0.25) is 5.02 Å². The number of benzene rings is 2. The number of nitrogens with one attached hydrogen (secondary N) is 1. The summed E-state index contributed by atoms with van der Waals surface area (Å²) in [5.41, 5.74) is 4.07. The number of hydrogen-bond donors (Lipinski definition) is 2. The van der Waals surface area contributed by atoms with Crippen LogP contribution in [-0.2, 0) is 9.53 Å². The number of pyridine rings is 1. The van der Waals surface area contributed by atoms with Gasteiger partial charge < -0.3 is 25.3 Å². The smallest absolute Gasteiger partial charge is 0.272 e. The van der Waals surface area contributed by atoms with Gasteiger partial charge in [-0.1, -0.05) is 11.6 Å². The molecule has 0 saturated heterocycles. The van der Waals surface area contributed by atoms with E-state index in [0.717, 1.165) is 16.7 Å². The third-order valence-corrected chi connectivity index (χ3v) is 6.16. The Labute approximate surface area is 245 Å². The third-order valence-electron chi connectivity index (χ3n) is 5.93. The van der Waals surface area contributed by atoms with Crippen molar-refractivity contribution in [2.75, 3.05) is 25.6 Å². The van der Waals surface area contributed by atoms with E-state index in [0.29, 0.717) is 0 Å². The molecule has 2 aromatic carbocycles. The molecular weight excluding hydrogens is 579 g/mol. The number of amides is 2. The quantitative estimate of drug-likeness (QED) is 0.282. The van der Waals surface area contributed by atoms with Crippen molar-refractivity contribution in [1.82, 2.24) is 4.57 Å².